The summed E-state index contributed by atoms with van der Waals surface area (Å²) in [5.74, 6) is 0.552. The first-order chi connectivity index (χ1) is 10.7. The van der Waals surface area contributed by atoms with E-state index in [9.17, 15) is 4.79 Å². The van der Waals surface area contributed by atoms with Crippen LogP contribution in [0.3, 0.4) is 0 Å². The molecule has 0 amide bonds. The number of carbonyl (C=O) groups is 1. The fraction of sp³-hybridized carbons (Fsp3) is 0.167. The van der Waals surface area contributed by atoms with Gasteiger partial charge in [0.1, 0.15) is 6.10 Å². The molecule has 0 bridgehead atoms. The Hall–Kier alpha value is -1.52. The van der Waals surface area contributed by atoms with E-state index in [2.05, 4.69) is 28.1 Å². The van der Waals surface area contributed by atoms with Gasteiger partial charge in [-0.1, -0.05) is 52.3 Å². The van der Waals surface area contributed by atoms with Crippen molar-refractivity contribution < 1.29 is 9.53 Å². The molecule has 0 radical (unpaired) electrons. The van der Waals surface area contributed by atoms with Crippen molar-refractivity contribution >= 4 is 33.7 Å². The summed E-state index contributed by atoms with van der Waals surface area (Å²) >= 11 is 5.27. The number of carbonyl (C=O) groups excluding carboxylic acids is 1. The lowest BCUT2D eigenvalue weighted by Gasteiger charge is -2.24. The molecule has 0 N–H and O–H groups in total. The molecule has 0 saturated heterocycles. The third kappa shape index (κ3) is 3.81. The third-order valence-corrected chi connectivity index (χ3v) is 5.29. The van der Waals surface area contributed by atoms with Gasteiger partial charge in [-0.2, -0.15) is 0 Å². The average Bonchev–Trinajstić information content (AvgIpc) is 2.54. The fourth-order valence-electron chi connectivity index (χ4n) is 2.38. The van der Waals surface area contributed by atoms with Gasteiger partial charge in [0.2, 0.25) is 0 Å². The van der Waals surface area contributed by atoms with Crippen molar-refractivity contribution in [3.8, 4) is 0 Å². The van der Waals surface area contributed by atoms with Crippen LogP contribution < -0.4 is 0 Å². The van der Waals surface area contributed by atoms with E-state index in [1.165, 1.54) is 4.90 Å². The predicted molar refractivity (Wildman–Crippen MR) is 92.8 cm³/mol. The van der Waals surface area contributed by atoms with E-state index < -0.39 is 0 Å². The third-order valence-electron chi connectivity index (χ3n) is 3.45. The molecule has 2 aromatic rings. The van der Waals surface area contributed by atoms with E-state index in [-0.39, 0.29) is 12.1 Å². The van der Waals surface area contributed by atoms with Crippen LogP contribution in [0.1, 0.15) is 18.1 Å². The summed E-state index contributed by atoms with van der Waals surface area (Å²) in [6, 6.07) is 18.1. The van der Waals surface area contributed by atoms with E-state index in [1.54, 1.807) is 17.8 Å². The molecular formula is C18H15BrO2S. The Morgan fingerprint density at radius 3 is 2.59 bits per heavy atom. The summed E-state index contributed by atoms with van der Waals surface area (Å²) in [6.45, 7) is 0. The molecule has 4 heteroatoms. The molecule has 1 unspecified atom stereocenters. The lowest BCUT2D eigenvalue weighted by molar-refractivity contribution is -0.144. The Morgan fingerprint density at radius 2 is 1.82 bits per heavy atom. The van der Waals surface area contributed by atoms with Crippen molar-refractivity contribution in [2.45, 2.75) is 17.4 Å². The first-order valence-corrected chi connectivity index (χ1v) is 8.82. The Balaban J connectivity index is 1.71. The number of halogens is 1. The standard InChI is InChI=1S/C18H15BrO2S/c19-16-9-5-4-8-15(16)17-10-13(11-18(20)21-17)12-22-14-6-2-1-3-7-14/h1-9,11,17H,10,12H2. The molecule has 1 heterocycles. The zero-order valence-corrected chi connectivity index (χ0v) is 14.3. The highest BCUT2D eigenvalue weighted by Crippen LogP contribution is 2.35. The van der Waals surface area contributed by atoms with Crippen molar-refractivity contribution in [1.29, 1.82) is 0 Å². The number of esters is 1. The number of benzene rings is 2. The van der Waals surface area contributed by atoms with Crippen LogP contribution in [-0.2, 0) is 9.53 Å². The molecule has 0 aliphatic carbocycles. The fourth-order valence-corrected chi connectivity index (χ4v) is 3.83. The lowest BCUT2D eigenvalue weighted by Crippen LogP contribution is -2.17. The SMILES string of the molecule is O=C1C=C(CSc2ccccc2)CC(c2ccccc2Br)O1. The van der Waals surface area contributed by atoms with Crippen molar-refractivity contribution in [3.63, 3.8) is 0 Å². The second-order valence-electron chi connectivity index (χ2n) is 5.06. The highest BCUT2D eigenvalue weighted by molar-refractivity contribution is 9.10. The van der Waals surface area contributed by atoms with Gasteiger partial charge in [-0.15, -0.1) is 11.8 Å². The first kappa shape index (κ1) is 15.4. The lowest BCUT2D eigenvalue weighted by atomic mass is 10.00. The van der Waals surface area contributed by atoms with Crippen LogP contribution in [0.5, 0.6) is 0 Å². The van der Waals surface area contributed by atoms with Crippen molar-refractivity contribution in [2.24, 2.45) is 0 Å². The highest BCUT2D eigenvalue weighted by Gasteiger charge is 2.24. The molecule has 0 saturated carbocycles. The first-order valence-electron chi connectivity index (χ1n) is 7.05. The van der Waals surface area contributed by atoms with E-state index in [0.717, 1.165) is 27.8 Å². The molecule has 1 aliphatic rings. The van der Waals surface area contributed by atoms with Crippen LogP contribution >= 0.6 is 27.7 Å². The zero-order valence-electron chi connectivity index (χ0n) is 11.9. The largest absolute Gasteiger partial charge is 0.454 e. The average molecular weight is 375 g/mol. The molecule has 1 atom stereocenters. The molecule has 0 aromatic heterocycles. The Bertz CT molecular complexity index is 697. The summed E-state index contributed by atoms with van der Waals surface area (Å²) in [6.07, 6.45) is 2.16. The Morgan fingerprint density at radius 1 is 1.09 bits per heavy atom. The van der Waals surface area contributed by atoms with E-state index >= 15 is 0 Å². The van der Waals surface area contributed by atoms with Crippen LogP contribution in [0.2, 0.25) is 0 Å². The Labute approximate surface area is 142 Å². The van der Waals surface area contributed by atoms with Gasteiger partial charge < -0.3 is 4.74 Å². The summed E-state index contributed by atoms with van der Waals surface area (Å²) in [4.78, 5) is 13.1. The number of rotatable bonds is 4. The van der Waals surface area contributed by atoms with Crippen molar-refractivity contribution in [2.75, 3.05) is 5.75 Å². The van der Waals surface area contributed by atoms with Crippen LogP contribution in [0.15, 0.2) is 75.6 Å². The van der Waals surface area contributed by atoms with Crippen LogP contribution in [0.4, 0.5) is 0 Å². The Kier molecular flexibility index (Phi) is 5.01. The van der Waals surface area contributed by atoms with Gasteiger partial charge >= 0.3 is 5.97 Å². The van der Waals surface area contributed by atoms with Gasteiger partial charge in [-0.25, -0.2) is 4.79 Å². The van der Waals surface area contributed by atoms with Gasteiger partial charge in [0.05, 0.1) is 0 Å². The van der Waals surface area contributed by atoms with E-state index in [1.807, 2.05) is 42.5 Å². The molecule has 2 aromatic carbocycles. The maximum atomic E-state index is 11.9. The van der Waals surface area contributed by atoms with Crippen LogP contribution in [-0.4, -0.2) is 11.7 Å². The quantitative estimate of drug-likeness (QED) is 0.546. The summed E-state index contributed by atoms with van der Waals surface area (Å²) < 4.78 is 6.46. The van der Waals surface area contributed by atoms with Gasteiger partial charge in [-0.3, -0.25) is 0 Å². The second kappa shape index (κ2) is 7.16. The molecule has 3 rings (SSSR count). The minimum Gasteiger partial charge on any atom is -0.454 e. The second-order valence-corrected chi connectivity index (χ2v) is 6.96. The maximum Gasteiger partial charge on any atom is 0.331 e. The zero-order chi connectivity index (χ0) is 15.4. The smallest absolute Gasteiger partial charge is 0.331 e. The van der Waals surface area contributed by atoms with Gasteiger partial charge in [-0.05, 0) is 23.8 Å². The van der Waals surface area contributed by atoms with Crippen molar-refractivity contribution in [1.82, 2.24) is 0 Å². The predicted octanol–water partition coefficient (Wildman–Crippen LogP) is 5.16. The summed E-state index contributed by atoms with van der Waals surface area (Å²) in [5.41, 5.74) is 2.14. The molecular weight excluding hydrogens is 360 g/mol. The number of thioether (sulfide) groups is 1. The monoisotopic (exact) mass is 374 g/mol. The summed E-state index contributed by atoms with van der Waals surface area (Å²) in [7, 11) is 0. The molecule has 1 aliphatic heterocycles. The molecule has 112 valence electrons. The normalized spacial score (nSPS) is 17.8. The topological polar surface area (TPSA) is 26.3 Å². The number of cyclic esters (lactones) is 1. The molecule has 2 nitrogen and oxygen atoms in total. The number of hydrogen-bond acceptors (Lipinski definition) is 3. The van der Waals surface area contributed by atoms with Crippen LogP contribution in [0.25, 0.3) is 0 Å². The summed E-state index contributed by atoms with van der Waals surface area (Å²) in [5, 5.41) is 0. The minimum absolute atomic E-state index is 0.209. The highest BCUT2D eigenvalue weighted by atomic mass is 79.9. The maximum absolute atomic E-state index is 11.9. The number of ether oxygens (including phenoxy) is 1. The van der Waals surface area contributed by atoms with Crippen molar-refractivity contribution in [3.05, 3.63) is 76.3 Å². The van der Waals surface area contributed by atoms with Gasteiger partial charge in [0.25, 0.3) is 0 Å². The minimum atomic E-state index is -0.254. The number of hydrogen-bond donors (Lipinski definition) is 0. The van der Waals surface area contributed by atoms with Crippen LogP contribution in [0, 0.1) is 0 Å². The van der Waals surface area contributed by atoms with Gasteiger partial charge in [0.15, 0.2) is 0 Å². The van der Waals surface area contributed by atoms with E-state index in [0.29, 0.717) is 0 Å². The molecule has 22 heavy (non-hydrogen) atoms. The molecule has 0 spiro atoms. The molecule has 0 fully saturated rings. The van der Waals surface area contributed by atoms with Gasteiger partial charge in [0, 0.05) is 33.2 Å². The van der Waals surface area contributed by atoms with E-state index in [4.69, 9.17) is 4.74 Å².